The van der Waals surface area contributed by atoms with Gasteiger partial charge in [0.15, 0.2) is 6.10 Å². The zero-order chi connectivity index (χ0) is 16.2. The Balaban J connectivity index is 1.61. The number of hydrogen-bond donors (Lipinski definition) is 2. The van der Waals surface area contributed by atoms with Gasteiger partial charge in [0, 0.05) is 12.5 Å². The molecule has 2 heterocycles. The summed E-state index contributed by atoms with van der Waals surface area (Å²) in [6, 6.07) is 11.1. The topological polar surface area (TPSA) is 71.7 Å². The van der Waals surface area contributed by atoms with Crippen LogP contribution >= 0.6 is 0 Å². The van der Waals surface area contributed by atoms with Crippen LogP contribution in [-0.4, -0.2) is 23.7 Å². The molecule has 0 radical (unpaired) electrons. The molecule has 23 heavy (non-hydrogen) atoms. The van der Waals surface area contributed by atoms with Gasteiger partial charge in [0.1, 0.15) is 11.9 Å². The molecule has 0 saturated heterocycles. The highest BCUT2D eigenvalue weighted by Crippen LogP contribution is 2.27. The van der Waals surface area contributed by atoms with Crippen LogP contribution in [0.4, 0.5) is 0 Å². The summed E-state index contributed by atoms with van der Waals surface area (Å²) < 4.78 is 10.8. The first kappa shape index (κ1) is 15.8. The van der Waals surface area contributed by atoms with Crippen LogP contribution in [0.1, 0.15) is 42.4 Å². The molecule has 0 unspecified atom stereocenters. The Morgan fingerprint density at radius 3 is 2.96 bits per heavy atom. The number of rotatable bonds is 5. The lowest BCUT2D eigenvalue weighted by molar-refractivity contribution is -0.135. The largest absolute Gasteiger partial charge is 0.467 e. The first-order valence-electron chi connectivity index (χ1n) is 7.86. The summed E-state index contributed by atoms with van der Waals surface area (Å²) in [5.74, 6) is 0.335. The summed E-state index contributed by atoms with van der Waals surface area (Å²) in [5.41, 5.74) is 2.08. The number of aliphatic hydroxyl groups is 1. The number of hydrogen-bond acceptors (Lipinski definition) is 4. The first-order chi connectivity index (χ1) is 11.1. The molecule has 5 nitrogen and oxygen atoms in total. The molecule has 0 fully saturated rings. The predicted octanol–water partition coefficient (Wildman–Crippen LogP) is 2.52. The highest BCUT2D eigenvalue weighted by Gasteiger charge is 2.28. The zero-order valence-electron chi connectivity index (χ0n) is 13.1. The molecule has 0 spiro atoms. The van der Waals surface area contributed by atoms with E-state index in [1.807, 2.05) is 31.2 Å². The number of carbonyl (C=O) groups is 1. The normalized spacial score (nSPS) is 19.7. The van der Waals surface area contributed by atoms with Gasteiger partial charge in [-0.1, -0.05) is 24.3 Å². The van der Waals surface area contributed by atoms with Crippen molar-refractivity contribution in [3.63, 3.8) is 0 Å². The molecule has 1 aromatic carbocycles. The summed E-state index contributed by atoms with van der Waals surface area (Å²) in [4.78, 5) is 12.5. The third-order valence-corrected chi connectivity index (χ3v) is 4.07. The average molecular weight is 315 g/mol. The molecular formula is C18H21NO4. The van der Waals surface area contributed by atoms with Crippen LogP contribution in [0.2, 0.25) is 0 Å². The number of benzene rings is 1. The minimum atomic E-state index is -0.736. The lowest BCUT2D eigenvalue weighted by atomic mass is 9.97. The van der Waals surface area contributed by atoms with Gasteiger partial charge in [0.2, 0.25) is 0 Å². The maximum Gasteiger partial charge on any atom is 0.253 e. The van der Waals surface area contributed by atoms with Crippen LogP contribution in [0, 0.1) is 0 Å². The van der Waals surface area contributed by atoms with Gasteiger partial charge in [-0.2, -0.15) is 0 Å². The Morgan fingerprint density at radius 1 is 1.35 bits per heavy atom. The minimum Gasteiger partial charge on any atom is -0.467 e. The smallest absolute Gasteiger partial charge is 0.253 e. The van der Waals surface area contributed by atoms with Crippen LogP contribution in [0.25, 0.3) is 0 Å². The van der Waals surface area contributed by atoms with E-state index in [0.717, 1.165) is 17.5 Å². The lowest BCUT2D eigenvalue weighted by Crippen LogP contribution is -2.39. The van der Waals surface area contributed by atoms with E-state index in [1.54, 1.807) is 12.1 Å². The van der Waals surface area contributed by atoms with Crippen molar-refractivity contribution >= 4 is 5.91 Å². The molecule has 1 aliphatic heterocycles. The number of amides is 1. The Kier molecular flexibility index (Phi) is 4.79. The average Bonchev–Trinajstić information content (AvgIpc) is 3.08. The molecule has 3 atom stereocenters. The van der Waals surface area contributed by atoms with Gasteiger partial charge in [0.05, 0.1) is 12.9 Å². The Morgan fingerprint density at radius 2 is 2.17 bits per heavy atom. The van der Waals surface area contributed by atoms with Crippen molar-refractivity contribution in [1.29, 1.82) is 0 Å². The van der Waals surface area contributed by atoms with Crippen LogP contribution in [0.15, 0.2) is 47.1 Å². The third-order valence-electron chi connectivity index (χ3n) is 4.07. The number of fused-ring (bicyclic) bond motifs is 1. The fraction of sp³-hybridized carbons (Fsp3) is 0.389. The SMILES string of the molecule is C[C@H](C[C@H](O)c1ccco1)NC(=O)[C@@H]1OCCc2ccccc21. The van der Waals surface area contributed by atoms with E-state index in [2.05, 4.69) is 5.32 Å². The van der Waals surface area contributed by atoms with Gasteiger partial charge < -0.3 is 19.6 Å². The van der Waals surface area contributed by atoms with Crippen molar-refractivity contribution in [1.82, 2.24) is 5.32 Å². The van der Waals surface area contributed by atoms with Crippen LogP contribution in [0.3, 0.4) is 0 Å². The highest BCUT2D eigenvalue weighted by molar-refractivity contribution is 5.83. The van der Waals surface area contributed by atoms with Gasteiger partial charge in [-0.05, 0) is 36.6 Å². The summed E-state index contributed by atoms with van der Waals surface area (Å²) in [6.07, 6.45) is 1.41. The Bertz CT molecular complexity index is 653. The summed E-state index contributed by atoms with van der Waals surface area (Å²) in [6.45, 7) is 2.40. The van der Waals surface area contributed by atoms with Crippen LogP contribution in [-0.2, 0) is 16.0 Å². The second kappa shape index (κ2) is 6.98. The lowest BCUT2D eigenvalue weighted by Gasteiger charge is -2.27. The number of nitrogens with one attached hydrogen (secondary N) is 1. The molecular weight excluding hydrogens is 294 g/mol. The molecule has 2 aromatic rings. The molecule has 0 saturated carbocycles. The summed E-state index contributed by atoms with van der Waals surface area (Å²) in [5, 5.41) is 13.0. The molecule has 122 valence electrons. The molecule has 0 aliphatic carbocycles. The van der Waals surface area contributed by atoms with Gasteiger partial charge >= 0.3 is 0 Å². The van der Waals surface area contributed by atoms with Gasteiger partial charge in [-0.15, -0.1) is 0 Å². The second-order valence-electron chi connectivity index (χ2n) is 5.88. The van der Waals surface area contributed by atoms with Crippen LogP contribution in [0.5, 0.6) is 0 Å². The minimum absolute atomic E-state index is 0.170. The van der Waals surface area contributed by atoms with Gasteiger partial charge in [0.25, 0.3) is 5.91 Å². The molecule has 0 bridgehead atoms. The second-order valence-corrected chi connectivity index (χ2v) is 5.88. The van der Waals surface area contributed by atoms with Gasteiger partial charge in [-0.3, -0.25) is 4.79 Å². The molecule has 3 rings (SSSR count). The molecule has 5 heteroatoms. The standard InChI is InChI=1S/C18H21NO4/c1-12(11-15(20)16-7-4-9-22-16)19-18(21)17-14-6-3-2-5-13(14)8-10-23-17/h2-7,9,12,15,17,20H,8,10-11H2,1H3,(H,19,21)/t12-,15+,17-/m1/s1. The Labute approximate surface area is 135 Å². The monoisotopic (exact) mass is 315 g/mol. The van der Waals surface area contributed by atoms with E-state index in [4.69, 9.17) is 9.15 Å². The highest BCUT2D eigenvalue weighted by atomic mass is 16.5. The number of furan rings is 1. The van der Waals surface area contributed by atoms with Crippen molar-refractivity contribution in [2.75, 3.05) is 6.61 Å². The number of aliphatic hydroxyl groups excluding tert-OH is 1. The van der Waals surface area contributed by atoms with Crippen molar-refractivity contribution < 1.29 is 19.1 Å². The van der Waals surface area contributed by atoms with E-state index in [9.17, 15) is 9.90 Å². The van der Waals surface area contributed by atoms with E-state index in [1.165, 1.54) is 6.26 Å². The molecule has 1 aromatic heterocycles. The predicted molar refractivity (Wildman–Crippen MR) is 84.7 cm³/mol. The number of ether oxygens (including phenoxy) is 1. The summed E-state index contributed by atoms with van der Waals surface area (Å²) >= 11 is 0. The van der Waals surface area contributed by atoms with Crippen molar-refractivity contribution in [3.05, 3.63) is 59.5 Å². The maximum absolute atomic E-state index is 12.5. The number of carbonyl (C=O) groups excluding carboxylic acids is 1. The van der Waals surface area contributed by atoms with Gasteiger partial charge in [-0.25, -0.2) is 0 Å². The fourth-order valence-corrected chi connectivity index (χ4v) is 2.92. The van der Waals surface area contributed by atoms with Crippen molar-refractivity contribution in [2.24, 2.45) is 0 Å². The van der Waals surface area contributed by atoms with Crippen LogP contribution < -0.4 is 5.32 Å². The van der Waals surface area contributed by atoms with E-state index >= 15 is 0 Å². The van der Waals surface area contributed by atoms with E-state index in [-0.39, 0.29) is 11.9 Å². The molecule has 2 N–H and O–H groups in total. The van der Waals surface area contributed by atoms with Crippen molar-refractivity contribution in [2.45, 2.75) is 38.0 Å². The van der Waals surface area contributed by atoms with E-state index in [0.29, 0.717) is 18.8 Å². The molecule has 1 amide bonds. The zero-order valence-corrected chi connectivity index (χ0v) is 13.1. The Hall–Kier alpha value is -2.11. The summed E-state index contributed by atoms with van der Waals surface area (Å²) in [7, 11) is 0. The third kappa shape index (κ3) is 3.63. The fourth-order valence-electron chi connectivity index (χ4n) is 2.92. The molecule has 1 aliphatic rings. The first-order valence-corrected chi connectivity index (χ1v) is 7.86. The van der Waals surface area contributed by atoms with E-state index < -0.39 is 12.2 Å². The maximum atomic E-state index is 12.5. The van der Waals surface area contributed by atoms with Crippen molar-refractivity contribution in [3.8, 4) is 0 Å². The quantitative estimate of drug-likeness (QED) is 0.889.